The molecular formula is C10H19NO. The zero-order chi connectivity index (χ0) is 8.97. The van der Waals surface area contributed by atoms with E-state index in [1.807, 2.05) is 6.92 Å². The van der Waals surface area contributed by atoms with E-state index >= 15 is 0 Å². The molecule has 1 aliphatic rings. The fourth-order valence-electron chi connectivity index (χ4n) is 1.91. The van der Waals surface area contributed by atoms with E-state index in [-0.39, 0.29) is 5.91 Å². The number of hydrogen-bond donors (Lipinski definition) is 1. The average Bonchev–Trinajstić information content (AvgIpc) is 2.52. The van der Waals surface area contributed by atoms with Crippen molar-refractivity contribution in [1.82, 2.24) is 5.32 Å². The highest BCUT2D eigenvalue weighted by Gasteiger charge is 2.23. The summed E-state index contributed by atoms with van der Waals surface area (Å²) in [5.41, 5.74) is 0. The Balaban J connectivity index is 2.23. The summed E-state index contributed by atoms with van der Waals surface area (Å²) in [6.07, 6.45) is 5.56. The second-order valence-corrected chi connectivity index (χ2v) is 3.71. The summed E-state index contributed by atoms with van der Waals surface area (Å²) < 4.78 is 0. The summed E-state index contributed by atoms with van der Waals surface area (Å²) >= 11 is 0. The quantitative estimate of drug-likeness (QED) is 0.688. The van der Waals surface area contributed by atoms with Gasteiger partial charge < -0.3 is 5.32 Å². The third-order valence-electron chi connectivity index (χ3n) is 2.80. The van der Waals surface area contributed by atoms with Crippen LogP contribution in [0.4, 0.5) is 0 Å². The van der Waals surface area contributed by atoms with Gasteiger partial charge in [-0.2, -0.15) is 0 Å². The molecular weight excluding hydrogens is 150 g/mol. The third kappa shape index (κ3) is 2.50. The summed E-state index contributed by atoms with van der Waals surface area (Å²) in [4.78, 5) is 11.1. The molecule has 0 saturated heterocycles. The van der Waals surface area contributed by atoms with Gasteiger partial charge in [-0.25, -0.2) is 0 Å². The summed E-state index contributed by atoms with van der Waals surface area (Å²) in [6, 6.07) is 0.474. The smallest absolute Gasteiger partial charge is 0.219 e. The van der Waals surface area contributed by atoms with Gasteiger partial charge in [0.25, 0.3) is 0 Å². The van der Waals surface area contributed by atoms with Gasteiger partial charge in [0.05, 0.1) is 0 Å². The van der Waals surface area contributed by atoms with Crippen LogP contribution < -0.4 is 5.32 Å². The van der Waals surface area contributed by atoms with E-state index in [4.69, 9.17) is 0 Å². The van der Waals surface area contributed by atoms with Crippen LogP contribution in [0.15, 0.2) is 0 Å². The third-order valence-corrected chi connectivity index (χ3v) is 2.80. The van der Waals surface area contributed by atoms with Crippen molar-refractivity contribution in [1.29, 1.82) is 0 Å². The van der Waals surface area contributed by atoms with Crippen LogP contribution in [-0.4, -0.2) is 11.9 Å². The van der Waals surface area contributed by atoms with E-state index in [9.17, 15) is 4.79 Å². The van der Waals surface area contributed by atoms with Gasteiger partial charge in [0.15, 0.2) is 0 Å². The summed E-state index contributed by atoms with van der Waals surface area (Å²) in [5.74, 6) is 1.06. The van der Waals surface area contributed by atoms with E-state index in [0.29, 0.717) is 12.5 Å². The molecule has 2 heteroatoms. The minimum Gasteiger partial charge on any atom is -0.353 e. The maximum atomic E-state index is 11.1. The highest BCUT2D eigenvalue weighted by atomic mass is 16.1. The molecule has 0 radical (unpaired) electrons. The number of carbonyl (C=O) groups is 1. The zero-order valence-corrected chi connectivity index (χ0v) is 8.10. The lowest BCUT2D eigenvalue weighted by Crippen LogP contribution is -2.32. The predicted octanol–water partition coefficient (Wildman–Crippen LogP) is 2.09. The number of carbonyl (C=O) groups excluding carboxylic acids is 1. The Morgan fingerprint density at radius 3 is 2.67 bits per heavy atom. The molecule has 1 amide bonds. The Kier molecular flexibility index (Phi) is 3.57. The summed E-state index contributed by atoms with van der Waals surface area (Å²) in [6.45, 7) is 4.14. The number of nitrogens with one attached hydrogen (secondary N) is 1. The van der Waals surface area contributed by atoms with Gasteiger partial charge in [-0.1, -0.05) is 20.3 Å². The molecule has 12 heavy (non-hydrogen) atoms. The first kappa shape index (κ1) is 9.56. The fourth-order valence-corrected chi connectivity index (χ4v) is 1.91. The van der Waals surface area contributed by atoms with Gasteiger partial charge >= 0.3 is 0 Å². The highest BCUT2D eigenvalue weighted by Crippen LogP contribution is 2.27. The molecule has 1 rings (SSSR count). The van der Waals surface area contributed by atoms with Crippen molar-refractivity contribution in [3.8, 4) is 0 Å². The van der Waals surface area contributed by atoms with Crippen molar-refractivity contribution in [2.75, 3.05) is 0 Å². The molecule has 0 aliphatic heterocycles. The van der Waals surface area contributed by atoms with Crippen LogP contribution in [0, 0.1) is 5.92 Å². The first-order chi connectivity index (χ1) is 5.76. The van der Waals surface area contributed by atoms with Crippen molar-refractivity contribution >= 4 is 5.91 Å². The molecule has 0 bridgehead atoms. The Labute approximate surface area is 74.7 Å². The van der Waals surface area contributed by atoms with Crippen LogP contribution in [0.1, 0.15) is 46.0 Å². The van der Waals surface area contributed by atoms with Gasteiger partial charge in [0, 0.05) is 12.5 Å². The molecule has 1 fully saturated rings. The Morgan fingerprint density at radius 2 is 2.17 bits per heavy atom. The lowest BCUT2D eigenvalue weighted by molar-refractivity contribution is -0.121. The second-order valence-electron chi connectivity index (χ2n) is 3.71. The van der Waals surface area contributed by atoms with E-state index in [1.165, 1.54) is 25.7 Å². The molecule has 0 aromatic carbocycles. The van der Waals surface area contributed by atoms with Crippen molar-refractivity contribution < 1.29 is 4.79 Å². The highest BCUT2D eigenvalue weighted by molar-refractivity contribution is 5.75. The molecule has 0 unspecified atom stereocenters. The largest absolute Gasteiger partial charge is 0.353 e. The van der Waals surface area contributed by atoms with Gasteiger partial charge in [-0.05, 0) is 25.2 Å². The Hall–Kier alpha value is -0.530. The molecule has 2 atom stereocenters. The zero-order valence-electron chi connectivity index (χ0n) is 8.10. The van der Waals surface area contributed by atoms with Crippen molar-refractivity contribution in [2.24, 2.45) is 5.92 Å². The topological polar surface area (TPSA) is 29.1 Å². The van der Waals surface area contributed by atoms with Crippen molar-refractivity contribution in [3.05, 3.63) is 0 Å². The summed E-state index contributed by atoms with van der Waals surface area (Å²) in [5, 5.41) is 3.05. The molecule has 0 heterocycles. The van der Waals surface area contributed by atoms with Gasteiger partial charge in [0.2, 0.25) is 5.91 Å². The standard InChI is InChI=1S/C10H19NO/c1-3-8-5-6-9(7-8)11-10(12)4-2/h8-9H,3-7H2,1-2H3,(H,11,12)/t8-,9+/m0/s1. The van der Waals surface area contributed by atoms with Crippen LogP contribution in [0.3, 0.4) is 0 Å². The molecule has 0 aromatic rings. The predicted molar refractivity (Wildman–Crippen MR) is 49.9 cm³/mol. The van der Waals surface area contributed by atoms with Crippen LogP contribution in [0.2, 0.25) is 0 Å². The first-order valence-corrected chi connectivity index (χ1v) is 5.05. The molecule has 1 N–H and O–H groups in total. The molecule has 1 saturated carbocycles. The SMILES string of the molecule is CCC(=O)N[C@@H]1CC[C@H](CC)C1. The Bertz CT molecular complexity index is 156. The average molecular weight is 169 g/mol. The van der Waals surface area contributed by atoms with E-state index < -0.39 is 0 Å². The lowest BCUT2D eigenvalue weighted by Gasteiger charge is -2.11. The van der Waals surface area contributed by atoms with Crippen LogP contribution in [0.25, 0.3) is 0 Å². The summed E-state index contributed by atoms with van der Waals surface area (Å²) in [7, 11) is 0. The molecule has 0 spiro atoms. The fraction of sp³-hybridized carbons (Fsp3) is 0.900. The van der Waals surface area contributed by atoms with Crippen molar-refractivity contribution in [2.45, 2.75) is 52.0 Å². The van der Waals surface area contributed by atoms with E-state index in [2.05, 4.69) is 12.2 Å². The maximum absolute atomic E-state index is 11.1. The van der Waals surface area contributed by atoms with E-state index in [1.54, 1.807) is 0 Å². The molecule has 1 aliphatic carbocycles. The molecule has 70 valence electrons. The number of hydrogen-bond acceptors (Lipinski definition) is 1. The van der Waals surface area contributed by atoms with Crippen LogP contribution in [0.5, 0.6) is 0 Å². The lowest BCUT2D eigenvalue weighted by atomic mass is 10.1. The van der Waals surface area contributed by atoms with E-state index in [0.717, 1.165) is 5.92 Å². The number of rotatable bonds is 3. The first-order valence-electron chi connectivity index (χ1n) is 5.05. The van der Waals surface area contributed by atoms with Gasteiger partial charge in [-0.3, -0.25) is 4.79 Å². The van der Waals surface area contributed by atoms with Gasteiger partial charge in [-0.15, -0.1) is 0 Å². The number of amides is 1. The maximum Gasteiger partial charge on any atom is 0.219 e. The monoisotopic (exact) mass is 169 g/mol. The van der Waals surface area contributed by atoms with Gasteiger partial charge in [0.1, 0.15) is 0 Å². The molecule has 2 nitrogen and oxygen atoms in total. The minimum atomic E-state index is 0.205. The normalized spacial score (nSPS) is 28.8. The van der Waals surface area contributed by atoms with Crippen molar-refractivity contribution in [3.63, 3.8) is 0 Å². The van der Waals surface area contributed by atoms with Crippen LogP contribution in [-0.2, 0) is 4.79 Å². The minimum absolute atomic E-state index is 0.205. The Morgan fingerprint density at radius 1 is 1.42 bits per heavy atom. The molecule has 0 aromatic heterocycles. The van der Waals surface area contributed by atoms with Crippen LogP contribution >= 0.6 is 0 Å². The second kappa shape index (κ2) is 4.48.